The van der Waals surface area contributed by atoms with Crippen LogP contribution in [0, 0.1) is 0 Å². The van der Waals surface area contributed by atoms with E-state index in [1.54, 1.807) is 0 Å². The number of hydrogen-bond donors (Lipinski definition) is 2. The number of fused-ring (bicyclic) bond motifs is 2. The second-order valence-corrected chi connectivity index (χ2v) is 6.98. The molecule has 0 spiro atoms. The predicted octanol–water partition coefficient (Wildman–Crippen LogP) is 3.72. The molecule has 0 saturated heterocycles. The second kappa shape index (κ2) is 5.14. The average Bonchev–Trinajstić information content (AvgIpc) is 3.07. The lowest BCUT2D eigenvalue weighted by Crippen LogP contribution is -2.01. The van der Waals surface area contributed by atoms with E-state index in [1.165, 1.54) is 6.66 Å². The molecule has 0 aliphatic rings. The second-order valence-electron chi connectivity index (χ2n) is 5.07. The molecule has 7 nitrogen and oxygen atoms in total. The van der Waals surface area contributed by atoms with Gasteiger partial charge in [-0.2, -0.15) is 9.97 Å². The minimum atomic E-state index is -3.43. The third kappa shape index (κ3) is 2.78. The normalized spacial score (nSPS) is 11.9. The van der Waals surface area contributed by atoms with Crippen LogP contribution in [0.5, 0.6) is 12.0 Å². The third-order valence-electron chi connectivity index (χ3n) is 3.24. The van der Waals surface area contributed by atoms with E-state index in [4.69, 9.17) is 9.05 Å². The summed E-state index contributed by atoms with van der Waals surface area (Å²) in [7, 11) is -3.43. The van der Waals surface area contributed by atoms with E-state index in [9.17, 15) is 4.57 Å². The smallest absolute Gasteiger partial charge is 0.382 e. The van der Waals surface area contributed by atoms with E-state index in [0.717, 1.165) is 22.1 Å². The monoisotopic (exact) mass is 328 g/mol. The topological polar surface area (TPSA) is 92.9 Å². The van der Waals surface area contributed by atoms with Crippen molar-refractivity contribution in [2.24, 2.45) is 0 Å². The lowest BCUT2D eigenvalue weighted by atomic mass is 10.3. The number of para-hydroxylation sites is 4. The standard InChI is InChI=1S/C15H13N4O3P/c1-23(20,21-14-16-10-6-2-3-7-11(10)17-14)22-15-18-12-8-4-5-9-13(12)19-15/h2-9H,1H3,(H,16,17)(H,18,19). The summed E-state index contributed by atoms with van der Waals surface area (Å²) in [6, 6.07) is 15.2. The Morgan fingerprint density at radius 2 is 1.26 bits per heavy atom. The molecule has 0 aliphatic carbocycles. The fourth-order valence-electron chi connectivity index (χ4n) is 2.28. The van der Waals surface area contributed by atoms with Crippen molar-refractivity contribution < 1.29 is 13.6 Å². The van der Waals surface area contributed by atoms with Crippen molar-refractivity contribution in [2.45, 2.75) is 0 Å². The number of hydrogen-bond acceptors (Lipinski definition) is 5. The van der Waals surface area contributed by atoms with Crippen LogP contribution in [0.15, 0.2) is 48.5 Å². The summed E-state index contributed by atoms with van der Waals surface area (Å²) >= 11 is 0. The molecule has 2 heterocycles. The maximum absolute atomic E-state index is 12.5. The fraction of sp³-hybridized carbons (Fsp3) is 0.0667. The molecule has 2 aromatic heterocycles. The maximum atomic E-state index is 12.5. The number of H-pyrrole nitrogens is 2. The molecule has 0 fully saturated rings. The lowest BCUT2D eigenvalue weighted by Gasteiger charge is -2.11. The highest BCUT2D eigenvalue weighted by molar-refractivity contribution is 7.53. The van der Waals surface area contributed by atoms with Crippen LogP contribution in [0.3, 0.4) is 0 Å². The van der Waals surface area contributed by atoms with Crippen LogP contribution in [-0.4, -0.2) is 26.6 Å². The van der Waals surface area contributed by atoms with E-state index in [-0.39, 0.29) is 12.0 Å². The molecule has 23 heavy (non-hydrogen) atoms. The molecule has 0 atom stereocenters. The first-order chi connectivity index (χ1) is 11.1. The van der Waals surface area contributed by atoms with Crippen molar-refractivity contribution in [3.8, 4) is 12.0 Å². The number of rotatable bonds is 4. The summed E-state index contributed by atoms with van der Waals surface area (Å²) in [5.41, 5.74) is 3.05. The van der Waals surface area contributed by atoms with Crippen LogP contribution >= 0.6 is 7.60 Å². The van der Waals surface area contributed by atoms with Gasteiger partial charge in [-0.3, -0.25) is 0 Å². The molecule has 0 radical (unpaired) electrons. The van der Waals surface area contributed by atoms with Gasteiger partial charge in [-0.15, -0.1) is 0 Å². The summed E-state index contributed by atoms with van der Waals surface area (Å²) in [6.07, 6.45) is 0. The summed E-state index contributed by atoms with van der Waals surface area (Å²) in [5.74, 6) is 0. The fourth-order valence-corrected chi connectivity index (χ4v) is 3.12. The van der Waals surface area contributed by atoms with Crippen LogP contribution in [0.1, 0.15) is 0 Å². The van der Waals surface area contributed by atoms with Gasteiger partial charge in [0.25, 0.3) is 0 Å². The molecule has 0 unspecified atom stereocenters. The Bertz CT molecular complexity index is 893. The molecule has 0 aliphatic heterocycles. The zero-order chi connectivity index (χ0) is 15.9. The quantitative estimate of drug-likeness (QED) is 0.557. The van der Waals surface area contributed by atoms with Crippen LogP contribution in [0.4, 0.5) is 0 Å². The number of aromatic amines is 2. The first-order valence-electron chi connectivity index (χ1n) is 6.95. The Labute approximate surface area is 131 Å². The van der Waals surface area contributed by atoms with Crippen molar-refractivity contribution in [1.29, 1.82) is 0 Å². The molecule has 0 bridgehead atoms. The van der Waals surface area contributed by atoms with Gasteiger partial charge in [0.15, 0.2) is 0 Å². The predicted molar refractivity (Wildman–Crippen MR) is 87.0 cm³/mol. The van der Waals surface area contributed by atoms with Gasteiger partial charge < -0.3 is 19.0 Å². The Hall–Kier alpha value is -2.79. The molecule has 4 aromatic rings. The third-order valence-corrected chi connectivity index (χ3v) is 4.25. The van der Waals surface area contributed by atoms with E-state index < -0.39 is 7.60 Å². The van der Waals surface area contributed by atoms with Crippen molar-refractivity contribution in [1.82, 2.24) is 19.9 Å². The van der Waals surface area contributed by atoms with Gasteiger partial charge in [0.1, 0.15) is 0 Å². The van der Waals surface area contributed by atoms with E-state index in [2.05, 4.69) is 19.9 Å². The van der Waals surface area contributed by atoms with Crippen molar-refractivity contribution in [2.75, 3.05) is 6.66 Å². The zero-order valence-electron chi connectivity index (χ0n) is 12.2. The van der Waals surface area contributed by atoms with E-state index in [1.807, 2.05) is 48.5 Å². The minimum Gasteiger partial charge on any atom is -0.382 e. The highest BCUT2D eigenvalue weighted by Gasteiger charge is 2.24. The van der Waals surface area contributed by atoms with Crippen LogP contribution in [-0.2, 0) is 4.57 Å². The van der Waals surface area contributed by atoms with Crippen LogP contribution in [0.2, 0.25) is 0 Å². The van der Waals surface area contributed by atoms with Crippen molar-refractivity contribution in [3.63, 3.8) is 0 Å². The van der Waals surface area contributed by atoms with Gasteiger partial charge in [-0.1, -0.05) is 24.3 Å². The van der Waals surface area contributed by atoms with Gasteiger partial charge >= 0.3 is 19.6 Å². The first-order valence-corrected chi connectivity index (χ1v) is 8.94. The van der Waals surface area contributed by atoms with Gasteiger partial charge in [0.2, 0.25) is 0 Å². The lowest BCUT2D eigenvalue weighted by molar-refractivity contribution is 0.373. The Kier molecular flexibility index (Phi) is 3.09. The average molecular weight is 328 g/mol. The molecular formula is C15H13N4O3P. The summed E-state index contributed by atoms with van der Waals surface area (Å²) < 4.78 is 23.3. The molecule has 2 N–H and O–H groups in total. The van der Waals surface area contributed by atoms with Gasteiger partial charge in [-0.05, 0) is 24.3 Å². The molecule has 0 amide bonds. The van der Waals surface area contributed by atoms with E-state index in [0.29, 0.717) is 0 Å². The first kappa shape index (κ1) is 13.8. The number of aromatic nitrogens is 4. The largest absolute Gasteiger partial charge is 0.432 e. The van der Waals surface area contributed by atoms with Crippen molar-refractivity contribution >= 4 is 29.7 Å². The van der Waals surface area contributed by atoms with Gasteiger partial charge in [0, 0.05) is 0 Å². The zero-order valence-corrected chi connectivity index (χ0v) is 13.1. The Morgan fingerprint density at radius 1 is 0.826 bits per heavy atom. The highest BCUT2D eigenvalue weighted by atomic mass is 31.2. The van der Waals surface area contributed by atoms with Crippen molar-refractivity contribution in [3.05, 3.63) is 48.5 Å². The van der Waals surface area contributed by atoms with Gasteiger partial charge in [0.05, 0.1) is 28.7 Å². The maximum Gasteiger partial charge on any atom is 0.432 e. The molecule has 4 rings (SSSR count). The number of benzene rings is 2. The summed E-state index contributed by atoms with van der Waals surface area (Å²) in [5, 5.41) is 0. The van der Waals surface area contributed by atoms with Gasteiger partial charge in [-0.25, -0.2) is 4.57 Å². The summed E-state index contributed by atoms with van der Waals surface area (Å²) in [6.45, 7) is 1.37. The highest BCUT2D eigenvalue weighted by Crippen LogP contribution is 2.43. The number of imidazole rings is 2. The minimum absolute atomic E-state index is 0.146. The van der Waals surface area contributed by atoms with Crippen LogP contribution < -0.4 is 9.05 Å². The van der Waals surface area contributed by atoms with E-state index >= 15 is 0 Å². The molecule has 116 valence electrons. The SMILES string of the molecule is CP(=O)(Oc1nc2ccccc2[nH]1)Oc1nc2ccccc2[nH]1. The Balaban J connectivity index is 1.58. The molecule has 8 heteroatoms. The summed E-state index contributed by atoms with van der Waals surface area (Å²) in [4.78, 5) is 14.3. The van der Waals surface area contributed by atoms with Crippen LogP contribution in [0.25, 0.3) is 22.1 Å². The Morgan fingerprint density at radius 3 is 1.70 bits per heavy atom. The number of nitrogens with zero attached hydrogens (tertiary/aromatic N) is 2. The molecular weight excluding hydrogens is 315 g/mol. The molecule has 0 saturated carbocycles. The molecule has 2 aromatic carbocycles. The number of nitrogens with one attached hydrogen (secondary N) is 2.